The Kier molecular flexibility index (Phi) is 5.99. The lowest BCUT2D eigenvalue weighted by atomic mass is 10.1. The average molecular weight is 436 g/mol. The predicted molar refractivity (Wildman–Crippen MR) is 119 cm³/mol. The zero-order valence-electron chi connectivity index (χ0n) is 17.0. The number of rotatable bonds is 7. The minimum atomic E-state index is -1.06. The second-order valence-electron chi connectivity index (χ2n) is 6.95. The Morgan fingerprint density at radius 3 is 2.42 bits per heavy atom. The third-order valence-corrected chi connectivity index (χ3v) is 5.61. The van der Waals surface area contributed by atoms with E-state index < -0.39 is 10.8 Å². The van der Waals surface area contributed by atoms with E-state index in [-0.39, 0.29) is 5.56 Å². The molecular weight excluding hydrogens is 414 g/mol. The SMILES string of the molecule is Cc1cccnc1COc1cc(Oc2ccc(S(C)=O)cc2)cc(-c2cc(=O)[nH][nH]2)c1. The van der Waals surface area contributed by atoms with E-state index in [4.69, 9.17) is 9.47 Å². The second-order valence-corrected chi connectivity index (χ2v) is 8.33. The molecule has 0 saturated carbocycles. The summed E-state index contributed by atoms with van der Waals surface area (Å²) in [5.41, 5.74) is 3.00. The van der Waals surface area contributed by atoms with E-state index in [2.05, 4.69) is 15.2 Å². The van der Waals surface area contributed by atoms with Crippen molar-refractivity contribution in [2.75, 3.05) is 6.26 Å². The summed E-state index contributed by atoms with van der Waals surface area (Å²) < 4.78 is 23.6. The van der Waals surface area contributed by atoms with Crippen molar-refractivity contribution in [1.82, 2.24) is 15.2 Å². The molecule has 1 atom stereocenters. The summed E-state index contributed by atoms with van der Waals surface area (Å²) in [6, 6.07) is 17.8. The van der Waals surface area contributed by atoms with Crippen LogP contribution in [0.25, 0.3) is 11.3 Å². The van der Waals surface area contributed by atoms with Gasteiger partial charge in [0.15, 0.2) is 0 Å². The number of benzene rings is 2. The van der Waals surface area contributed by atoms with Gasteiger partial charge in [0.05, 0.1) is 11.4 Å². The van der Waals surface area contributed by atoms with E-state index in [1.807, 2.05) is 31.2 Å². The van der Waals surface area contributed by atoms with Crippen molar-refractivity contribution in [2.24, 2.45) is 0 Å². The largest absolute Gasteiger partial charge is 0.487 e. The summed E-state index contributed by atoms with van der Waals surface area (Å²) in [5.74, 6) is 1.71. The number of aromatic amines is 2. The van der Waals surface area contributed by atoms with E-state index in [1.165, 1.54) is 6.07 Å². The molecule has 0 saturated heterocycles. The molecule has 0 spiro atoms. The first-order chi connectivity index (χ1) is 15.0. The summed E-state index contributed by atoms with van der Waals surface area (Å²) in [6.45, 7) is 2.28. The van der Waals surface area contributed by atoms with Crippen LogP contribution in [0.15, 0.2) is 76.6 Å². The molecule has 2 aromatic carbocycles. The molecule has 4 aromatic rings. The van der Waals surface area contributed by atoms with Gasteiger partial charge in [-0.05, 0) is 55.0 Å². The molecule has 0 bridgehead atoms. The van der Waals surface area contributed by atoms with Crippen LogP contribution in [0.5, 0.6) is 17.2 Å². The first-order valence-corrected chi connectivity index (χ1v) is 11.1. The van der Waals surface area contributed by atoms with Gasteiger partial charge < -0.3 is 9.47 Å². The van der Waals surface area contributed by atoms with Crippen molar-refractivity contribution < 1.29 is 13.7 Å². The molecule has 8 heteroatoms. The zero-order valence-corrected chi connectivity index (χ0v) is 17.9. The van der Waals surface area contributed by atoms with Gasteiger partial charge in [0.1, 0.15) is 23.9 Å². The molecule has 0 aliphatic carbocycles. The molecule has 2 heterocycles. The maximum absolute atomic E-state index is 11.6. The first kappa shape index (κ1) is 20.6. The van der Waals surface area contributed by atoms with Crippen molar-refractivity contribution >= 4 is 10.8 Å². The minimum Gasteiger partial charge on any atom is -0.487 e. The first-order valence-electron chi connectivity index (χ1n) is 9.56. The third kappa shape index (κ3) is 5.10. The fourth-order valence-electron chi connectivity index (χ4n) is 3.01. The van der Waals surface area contributed by atoms with E-state index in [0.717, 1.165) is 21.7 Å². The number of ether oxygens (including phenoxy) is 2. The van der Waals surface area contributed by atoms with Crippen molar-refractivity contribution in [3.63, 3.8) is 0 Å². The molecule has 7 nitrogen and oxygen atoms in total. The number of hydrogen-bond donors (Lipinski definition) is 2. The Morgan fingerprint density at radius 2 is 1.74 bits per heavy atom. The Labute approximate surface area is 181 Å². The zero-order chi connectivity index (χ0) is 21.8. The number of H-pyrrole nitrogens is 2. The van der Waals surface area contributed by atoms with Gasteiger partial charge in [-0.2, -0.15) is 0 Å². The van der Waals surface area contributed by atoms with Gasteiger partial charge in [-0.3, -0.25) is 24.2 Å². The number of aryl methyl sites for hydroxylation is 1. The molecular formula is C23H21N3O4S. The van der Waals surface area contributed by atoms with Crippen LogP contribution in [0.1, 0.15) is 11.3 Å². The predicted octanol–water partition coefficient (Wildman–Crippen LogP) is 4.18. The van der Waals surface area contributed by atoms with Gasteiger partial charge in [-0.15, -0.1) is 0 Å². The van der Waals surface area contributed by atoms with Crippen LogP contribution in [-0.2, 0) is 17.4 Å². The Bertz CT molecular complexity index is 1280. The average Bonchev–Trinajstić information content (AvgIpc) is 3.20. The molecule has 0 fully saturated rings. The van der Waals surface area contributed by atoms with Crippen LogP contribution >= 0.6 is 0 Å². The van der Waals surface area contributed by atoms with E-state index >= 15 is 0 Å². The molecule has 31 heavy (non-hydrogen) atoms. The van der Waals surface area contributed by atoms with Crippen LogP contribution in [0.2, 0.25) is 0 Å². The van der Waals surface area contributed by atoms with Crippen LogP contribution in [0.3, 0.4) is 0 Å². The summed E-state index contributed by atoms with van der Waals surface area (Å²) in [6.07, 6.45) is 3.36. The summed E-state index contributed by atoms with van der Waals surface area (Å²) in [5, 5.41) is 5.38. The van der Waals surface area contributed by atoms with Crippen molar-refractivity contribution in [1.29, 1.82) is 0 Å². The topological polar surface area (TPSA) is 97.1 Å². The maximum atomic E-state index is 11.6. The normalized spacial score (nSPS) is 11.8. The smallest absolute Gasteiger partial charge is 0.264 e. The molecule has 0 radical (unpaired) electrons. The molecule has 2 N–H and O–H groups in total. The molecule has 0 amide bonds. The number of hydrogen-bond acceptors (Lipinski definition) is 5. The van der Waals surface area contributed by atoms with Gasteiger partial charge in [0.2, 0.25) is 0 Å². The highest BCUT2D eigenvalue weighted by Gasteiger charge is 2.10. The van der Waals surface area contributed by atoms with E-state index in [9.17, 15) is 9.00 Å². The fourth-order valence-corrected chi connectivity index (χ4v) is 3.53. The van der Waals surface area contributed by atoms with E-state index in [1.54, 1.807) is 42.8 Å². The Morgan fingerprint density at radius 1 is 0.968 bits per heavy atom. The maximum Gasteiger partial charge on any atom is 0.264 e. The van der Waals surface area contributed by atoms with E-state index in [0.29, 0.717) is 29.5 Å². The fraction of sp³-hybridized carbons (Fsp3) is 0.130. The molecule has 1 unspecified atom stereocenters. The van der Waals surface area contributed by atoms with Gasteiger partial charge >= 0.3 is 0 Å². The summed E-state index contributed by atoms with van der Waals surface area (Å²) >= 11 is 0. The monoisotopic (exact) mass is 435 g/mol. The lowest BCUT2D eigenvalue weighted by Crippen LogP contribution is -2.01. The highest BCUT2D eigenvalue weighted by Crippen LogP contribution is 2.32. The third-order valence-electron chi connectivity index (χ3n) is 4.67. The van der Waals surface area contributed by atoms with Crippen LogP contribution in [0, 0.1) is 6.92 Å². The van der Waals surface area contributed by atoms with Crippen molar-refractivity contribution in [2.45, 2.75) is 18.4 Å². The van der Waals surface area contributed by atoms with Gasteiger partial charge in [-0.1, -0.05) is 6.07 Å². The lowest BCUT2D eigenvalue weighted by Gasteiger charge is -2.12. The standard InChI is InChI=1S/C23H21N3O4S/c1-15-4-3-9-24-22(15)14-29-18-10-16(21-13-23(27)26-25-21)11-19(12-18)30-17-5-7-20(8-6-17)31(2)28/h3-13H,14H2,1-2H3,(H2,25,26,27). The molecule has 0 aliphatic heterocycles. The quantitative estimate of drug-likeness (QED) is 0.454. The number of aromatic nitrogens is 3. The number of nitrogens with zero attached hydrogens (tertiary/aromatic N) is 1. The Balaban J connectivity index is 1.63. The molecule has 0 aliphatic rings. The summed E-state index contributed by atoms with van der Waals surface area (Å²) in [4.78, 5) is 16.7. The highest BCUT2D eigenvalue weighted by molar-refractivity contribution is 7.84. The second kappa shape index (κ2) is 9.01. The number of nitrogens with one attached hydrogen (secondary N) is 2. The highest BCUT2D eigenvalue weighted by atomic mass is 32.2. The van der Waals surface area contributed by atoms with Crippen molar-refractivity contribution in [3.05, 3.63) is 88.5 Å². The van der Waals surface area contributed by atoms with Crippen LogP contribution in [-0.4, -0.2) is 25.6 Å². The Hall–Kier alpha value is -3.65. The summed E-state index contributed by atoms with van der Waals surface area (Å²) in [7, 11) is -1.06. The van der Waals surface area contributed by atoms with Gasteiger partial charge in [0.25, 0.3) is 5.56 Å². The lowest BCUT2D eigenvalue weighted by molar-refractivity contribution is 0.299. The van der Waals surface area contributed by atoms with Crippen molar-refractivity contribution in [3.8, 4) is 28.5 Å². The molecule has 2 aromatic heterocycles. The van der Waals surface area contributed by atoms with Crippen LogP contribution in [0.4, 0.5) is 0 Å². The van der Waals surface area contributed by atoms with Gasteiger partial charge in [0, 0.05) is 45.8 Å². The van der Waals surface area contributed by atoms with Gasteiger partial charge in [-0.25, -0.2) is 0 Å². The molecule has 4 rings (SSSR count). The minimum absolute atomic E-state index is 0.226. The molecule has 158 valence electrons. The number of pyridine rings is 1. The van der Waals surface area contributed by atoms with Crippen LogP contribution < -0.4 is 15.0 Å².